The number of hydrogen-bond acceptors (Lipinski definition) is 2. The summed E-state index contributed by atoms with van der Waals surface area (Å²) in [6, 6.07) is -0.389. The van der Waals surface area contributed by atoms with Gasteiger partial charge >= 0.3 is 0 Å². The van der Waals surface area contributed by atoms with Crippen LogP contribution >= 0.6 is 16.1 Å². The van der Waals surface area contributed by atoms with E-state index in [1.807, 2.05) is 13.8 Å². The smallest absolute Gasteiger partial charge is 0.246 e. The van der Waals surface area contributed by atoms with Gasteiger partial charge in [0.2, 0.25) is 5.91 Å². The van der Waals surface area contributed by atoms with E-state index >= 15 is 0 Å². The van der Waals surface area contributed by atoms with E-state index in [0.29, 0.717) is 5.92 Å². The van der Waals surface area contributed by atoms with E-state index in [1.54, 1.807) is 0 Å². The van der Waals surface area contributed by atoms with Crippen LogP contribution in [-0.4, -0.2) is 11.9 Å². The molecule has 1 amide bonds. The lowest BCUT2D eigenvalue weighted by Gasteiger charge is -2.10. The molecule has 0 saturated carbocycles. The van der Waals surface area contributed by atoms with Gasteiger partial charge in [-0.25, -0.2) is 0 Å². The monoisotopic (exact) mass is 208 g/mol. The number of carbonyl (C=O) groups excluding carboxylic acids is 1. The van der Waals surface area contributed by atoms with Crippen LogP contribution < -0.4 is 10.1 Å². The fourth-order valence-corrected chi connectivity index (χ4v) is 0.979. The first-order valence-electron chi connectivity index (χ1n) is 3.24. The third kappa shape index (κ3) is 3.85. The molecule has 0 aliphatic heterocycles. The standard InChI is InChI=1S/C6H13BrN2O/c1-4(2)3-5(8)6(10)9-7/h4-5H,3,8H2,1-2H3,(H,9,10)/t5-/m0/s1. The molecule has 0 bridgehead atoms. The highest BCUT2D eigenvalue weighted by molar-refractivity contribution is 9.08. The number of nitrogens with two attached hydrogens (primary N) is 1. The molecular formula is C6H13BrN2O. The molecule has 0 saturated heterocycles. The Labute approximate surface area is 69.7 Å². The number of rotatable bonds is 3. The van der Waals surface area contributed by atoms with Crippen molar-refractivity contribution >= 4 is 22.1 Å². The van der Waals surface area contributed by atoms with Gasteiger partial charge in [-0.1, -0.05) is 13.8 Å². The largest absolute Gasteiger partial charge is 0.320 e. The Bertz CT molecular complexity index is 116. The maximum atomic E-state index is 10.8. The Kier molecular flexibility index (Phi) is 4.64. The summed E-state index contributed by atoms with van der Waals surface area (Å²) in [5.74, 6) is 0.300. The SMILES string of the molecule is CC(C)C[C@H](N)C(=O)NBr. The van der Waals surface area contributed by atoms with Crippen LogP contribution in [0.25, 0.3) is 0 Å². The zero-order chi connectivity index (χ0) is 8.15. The molecule has 0 aromatic rings. The van der Waals surface area contributed by atoms with Crippen molar-refractivity contribution in [2.45, 2.75) is 26.3 Å². The molecule has 0 rings (SSSR count). The van der Waals surface area contributed by atoms with Crippen LogP contribution in [0.1, 0.15) is 20.3 Å². The van der Waals surface area contributed by atoms with Gasteiger partial charge in [-0.05, 0) is 12.3 Å². The molecule has 0 aliphatic rings. The van der Waals surface area contributed by atoms with Gasteiger partial charge in [0, 0.05) is 16.1 Å². The van der Waals surface area contributed by atoms with Crippen LogP contribution in [0.2, 0.25) is 0 Å². The first-order chi connectivity index (χ1) is 4.57. The summed E-state index contributed by atoms with van der Waals surface area (Å²) in [6.07, 6.45) is 0.720. The van der Waals surface area contributed by atoms with Crippen LogP contribution in [-0.2, 0) is 4.79 Å². The molecule has 3 N–H and O–H groups in total. The Morgan fingerprint density at radius 2 is 2.20 bits per heavy atom. The summed E-state index contributed by atoms with van der Waals surface area (Å²) < 4.78 is 2.32. The van der Waals surface area contributed by atoms with Crippen molar-refractivity contribution in [3.05, 3.63) is 0 Å². The van der Waals surface area contributed by atoms with Gasteiger partial charge in [-0.15, -0.1) is 0 Å². The Morgan fingerprint density at radius 3 is 2.50 bits per heavy atom. The molecule has 0 heterocycles. The second-order valence-corrected chi connectivity index (χ2v) is 3.09. The van der Waals surface area contributed by atoms with Crippen LogP contribution in [0, 0.1) is 5.92 Å². The highest BCUT2D eigenvalue weighted by Gasteiger charge is 2.12. The lowest BCUT2D eigenvalue weighted by atomic mass is 10.0. The van der Waals surface area contributed by atoms with E-state index in [0.717, 1.165) is 6.42 Å². The van der Waals surface area contributed by atoms with Gasteiger partial charge in [0.15, 0.2) is 0 Å². The third-order valence-corrected chi connectivity index (χ3v) is 1.55. The predicted octanol–water partition coefficient (Wildman–Crippen LogP) is 0.786. The molecule has 0 fully saturated rings. The van der Waals surface area contributed by atoms with Crippen LogP contribution in [0.15, 0.2) is 0 Å². The lowest BCUT2D eigenvalue weighted by Crippen LogP contribution is -2.37. The highest BCUT2D eigenvalue weighted by atomic mass is 79.9. The topological polar surface area (TPSA) is 55.1 Å². The molecule has 0 radical (unpaired) electrons. The van der Waals surface area contributed by atoms with Gasteiger partial charge in [-0.3, -0.25) is 9.14 Å². The molecule has 0 spiro atoms. The van der Waals surface area contributed by atoms with Gasteiger partial charge in [0.25, 0.3) is 0 Å². The van der Waals surface area contributed by atoms with Crippen molar-refractivity contribution in [1.82, 2.24) is 4.34 Å². The second kappa shape index (κ2) is 4.68. The maximum Gasteiger partial charge on any atom is 0.246 e. The fraction of sp³-hybridized carbons (Fsp3) is 0.833. The van der Waals surface area contributed by atoms with Crippen molar-refractivity contribution in [3.8, 4) is 0 Å². The van der Waals surface area contributed by atoms with E-state index in [1.165, 1.54) is 0 Å². The maximum absolute atomic E-state index is 10.8. The Hall–Kier alpha value is -0.0900. The first-order valence-corrected chi connectivity index (χ1v) is 4.03. The van der Waals surface area contributed by atoms with E-state index in [2.05, 4.69) is 20.5 Å². The molecule has 0 aromatic carbocycles. The summed E-state index contributed by atoms with van der Waals surface area (Å²) in [4.78, 5) is 10.8. The van der Waals surface area contributed by atoms with Crippen molar-refractivity contribution in [2.75, 3.05) is 0 Å². The van der Waals surface area contributed by atoms with Crippen molar-refractivity contribution < 1.29 is 4.79 Å². The highest BCUT2D eigenvalue weighted by Crippen LogP contribution is 2.02. The molecular weight excluding hydrogens is 196 g/mol. The summed E-state index contributed by atoms with van der Waals surface area (Å²) in [7, 11) is 0. The van der Waals surface area contributed by atoms with Crippen LogP contribution in [0.4, 0.5) is 0 Å². The third-order valence-electron chi connectivity index (χ3n) is 1.16. The normalized spacial score (nSPS) is 13.3. The average Bonchev–Trinajstić information content (AvgIpc) is 1.85. The fourth-order valence-electron chi connectivity index (χ4n) is 0.685. The van der Waals surface area contributed by atoms with E-state index < -0.39 is 0 Å². The van der Waals surface area contributed by atoms with Crippen LogP contribution in [0.5, 0.6) is 0 Å². The number of carbonyl (C=O) groups is 1. The van der Waals surface area contributed by atoms with Gasteiger partial charge in [0.1, 0.15) is 0 Å². The van der Waals surface area contributed by atoms with Crippen LogP contribution in [0.3, 0.4) is 0 Å². The Balaban J connectivity index is 3.61. The van der Waals surface area contributed by atoms with Gasteiger partial charge in [0.05, 0.1) is 6.04 Å². The van der Waals surface area contributed by atoms with Crippen molar-refractivity contribution in [3.63, 3.8) is 0 Å². The van der Waals surface area contributed by atoms with E-state index in [9.17, 15) is 4.79 Å². The minimum Gasteiger partial charge on any atom is -0.320 e. The minimum atomic E-state index is -0.389. The van der Waals surface area contributed by atoms with Crippen molar-refractivity contribution in [1.29, 1.82) is 0 Å². The molecule has 0 unspecified atom stereocenters. The predicted molar refractivity (Wildman–Crippen MR) is 44.5 cm³/mol. The molecule has 10 heavy (non-hydrogen) atoms. The zero-order valence-electron chi connectivity index (χ0n) is 6.23. The number of hydrogen-bond donors (Lipinski definition) is 2. The quantitative estimate of drug-likeness (QED) is 0.675. The average molecular weight is 209 g/mol. The van der Waals surface area contributed by atoms with Gasteiger partial charge in [-0.2, -0.15) is 0 Å². The van der Waals surface area contributed by atoms with E-state index in [4.69, 9.17) is 5.73 Å². The van der Waals surface area contributed by atoms with Gasteiger partial charge < -0.3 is 5.73 Å². The van der Waals surface area contributed by atoms with E-state index in [-0.39, 0.29) is 11.9 Å². The number of nitrogens with one attached hydrogen (secondary N) is 1. The first kappa shape index (κ1) is 9.91. The molecule has 0 aromatic heterocycles. The summed E-state index contributed by atoms with van der Waals surface area (Å²) in [5.41, 5.74) is 5.49. The molecule has 4 heteroatoms. The van der Waals surface area contributed by atoms with Crippen molar-refractivity contribution in [2.24, 2.45) is 11.7 Å². The molecule has 0 aliphatic carbocycles. The zero-order valence-corrected chi connectivity index (χ0v) is 7.81. The lowest BCUT2D eigenvalue weighted by molar-refractivity contribution is -0.120. The molecule has 60 valence electrons. The minimum absolute atomic E-state index is 0.159. The summed E-state index contributed by atoms with van der Waals surface area (Å²) in [6.45, 7) is 4.06. The number of amides is 1. The summed E-state index contributed by atoms with van der Waals surface area (Å²) in [5, 5.41) is 0. The molecule has 3 nitrogen and oxygen atoms in total. The molecule has 1 atom stereocenters. The second-order valence-electron chi connectivity index (χ2n) is 2.69. The Morgan fingerprint density at radius 1 is 1.70 bits per heavy atom. The summed E-state index contributed by atoms with van der Waals surface area (Å²) >= 11 is 2.83. The number of halogens is 1.